The van der Waals surface area contributed by atoms with Crippen molar-refractivity contribution in [3.8, 4) is 0 Å². The highest BCUT2D eigenvalue weighted by Crippen LogP contribution is 2.25. The molecule has 3 rings (SSSR count). The number of aliphatic carboxylic acids is 1. The number of hydrogen-bond donors (Lipinski definition) is 2. The number of likely N-dealkylation sites (tertiary alicyclic amines) is 1. The average Bonchev–Trinajstić information content (AvgIpc) is 2.71. The van der Waals surface area contributed by atoms with Gasteiger partial charge in [-0.05, 0) is 68.7 Å². The van der Waals surface area contributed by atoms with E-state index in [0.717, 1.165) is 25.8 Å². The maximum Gasteiger partial charge on any atom is 0.317 e. The molecule has 0 bridgehead atoms. The molecule has 0 saturated carbocycles. The Morgan fingerprint density at radius 2 is 1.89 bits per heavy atom. The Bertz CT molecular complexity index is 698. The van der Waals surface area contributed by atoms with Crippen molar-refractivity contribution in [2.45, 2.75) is 64.5 Å². The minimum absolute atomic E-state index is 0.0170. The molecule has 0 aromatic heterocycles. The number of rotatable bonds is 6. The minimum Gasteiger partial charge on any atom is -0.480 e. The molecule has 1 atom stereocenters. The molecule has 1 fully saturated rings. The number of hydrogen-bond acceptors (Lipinski definition) is 3. The molecule has 2 aliphatic rings. The summed E-state index contributed by atoms with van der Waals surface area (Å²) in [7, 11) is 0. The number of urea groups is 1. The van der Waals surface area contributed by atoms with E-state index in [1.165, 1.54) is 36.0 Å². The van der Waals surface area contributed by atoms with Gasteiger partial charge in [-0.3, -0.25) is 9.69 Å². The number of fused-ring (bicyclic) bond motifs is 1. The first kappa shape index (κ1) is 20.6. The van der Waals surface area contributed by atoms with Gasteiger partial charge in [0.2, 0.25) is 0 Å². The Morgan fingerprint density at radius 1 is 1.21 bits per heavy atom. The molecule has 2 N–H and O–H groups in total. The lowest BCUT2D eigenvalue weighted by Crippen LogP contribution is -2.50. The number of nitrogens with zero attached hydrogens (tertiary/aromatic N) is 2. The SMILES string of the molecule is CCN(CC(=O)O)C1CCN(C(=O)NC(C)c2ccc3c(c2)CCCC3)CC1. The summed E-state index contributed by atoms with van der Waals surface area (Å²) in [6, 6.07) is 6.83. The zero-order chi connectivity index (χ0) is 20.1. The van der Waals surface area contributed by atoms with E-state index in [1.807, 2.05) is 23.6 Å². The molecule has 6 heteroatoms. The number of piperidine rings is 1. The topological polar surface area (TPSA) is 72.9 Å². The molecule has 154 valence electrons. The number of nitrogens with one attached hydrogen (secondary N) is 1. The van der Waals surface area contributed by atoms with Crippen LogP contribution in [-0.4, -0.2) is 59.1 Å². The summed E-state index contributed by atoms with van der Waals surface area (Å²) < 4.78 is 0. The van der Waals surface area contributed by atoms with Crippen LogP contribution in [0.5, 0.6) is 0 Å². The lowest BCUT2D eigenvalue weighted by Gasteiger charge is -2.37. The van der Waals surface area contributed by atoms with E-state index < -0.39 is 5.97 Å². The number of likely N-dealkylation sites (N-methyl/N-ethyl adjacent to an activating group) is 1. The highest BCUT2D eigenvalue weighted by molar-refractivity contribution is 5.75. The molecule has 1 aliphatic carbocycles. The second-order valence-corrected chi connectivity index (χ2v) is 8.08. The van der Waals surface area contributed by atoms with Crippen LogP contribution in [-0.2, 0) is 17.6 Å². The number of carboxylic acids is 1. The highest BCUT2D eigenvalue weighted by Gasteiger charge is 2.27. The van der Waals surface area contributed by atoms with Crippen molar-refractivity contribution in [1.82, 2.24) is 15.1 Å². The third-order valence-electron chi connectivity index (χ3n) is 6.23. The lowest BCUT2D eigenvalue weighted by atomic mass is 9.89. The summed E-state index contributed by atoms with van der Waals surface area (Å²) in [5.74, 6) is -0.791. The van der Waals surface area contributed by atoms with Crippen molar-refractivity contribution in [3.63, 3.8) is 0 Å². The van der Waals surface area contributed by atoms with Crippen molar-refractivity contribution in [2.75, 3.05) is 26.2 Å². The second-order valence-electron chi connectivity index (χ2n) is 8.08. The summed E-state index contributed by atoms with van der Waals surface area (Å²) in [5, 5.41) is 12.2. The zero-order valence-electron chi connectivity index (χ0n) is 17.1. The summed E-state index contributed by atoms with van der Waals surface area (Å²) in [6.45, 7) is 6.16. The number of amides is 2. The van der Waals surface area contributed by atoms with Gasteiger partial charge >= 0.3 is 12.0 Å². The van der Waals surface area contributed by atoms with Crippen LogP contribution in [0.4, 0.5) is 4.79 Å². The third kappa shape index (κ3) is 5.04. The van der Waals surface area contributed by atoms with Crippen molar-refractivity contribution in [3.05, 3.63) is 34.9 Å². The van der Waals surface area contributed by atoms with E-state index in [4.69, 9.17) is 5.11 Å². The Labute approximate surface area is 167 Å². The molecule has 1 saturated heterocycles. The molecule has 1 unspecified atom stereocenters. The summed E-state index contributed by atoms with van der Waals surface area (Å²) in [4.78, 5) is 27.6. The van der Waals surface area contributed by atoms with E-state index >= 15 is 0 Å². The van der Waals surface area contributed by atoms with Crippen LogP contribution in [0.2, 0.25) is 0 Å². The van der Waals surface area contributed by atoms with Gasteiger partial charge in [-0.25, -0.2) is 4.79 Å². The quantitative estimate of drug-likeness (QED) is 0.786. The van der Waals surface area contributed by atoms with Crippen molar-refractivity contribution < 1.29 is 14.7 Å². The monoisotopic (exact) mass is 387 g/mol. The number of carbonyl (C=O) groups is 2. The van der Waals surface area contributed by atoms with Gasteiger partial charge in [-0.1, -0.05) is 25.1 Å². The average molecular weight is 388 g/mol. The minimum atomic E-state index is -0.791. The summed E-state index contributed by atoms with van der Waals surface area (Å²) >= 11 is 0. The number of benzene rings is 1. The first-order valence-electron chi connectivity index (χ1n) is 10.6. The Balaban J connectivity index is 1.52. The van der Waals surface area contributed by atoms with E-state index in [1.54, 1.807) is 0 Å². The summed E-state index contributed by atoms with van der Waals surface area (Å²) in [6.07, 6.45) is 6.48. The molecule has 28 heavy (non-hydrogen) atoms. The zero-order valence-corrected chi connectivity index (χ0v) is 17.1. The smallest absolute Gasteiger partial charge is 0.317 e. The molecule has 6 nitrogen and oxygen atoms in total. The summed E-state index contributed by atoms with van der Waals surface area (Å²) in [5.41, 5.74) is 4.06. The van der Waals surface area contributed by atoms with Gasteiger partial charge in [0.05, 0.1) is 12.6 Å². The lowest BCUT2D eigenvalue weighted by molar-refractivity contribution is -0.139. The predicted octanol–water partition coefficient (Wildman–Crippen LogP) is 3.21. The molecule has 1 aromatic rings. The second kappa shape index (κ2) is 9.41. The first-order valence-corrected chi connectivity index (χ1v) is 10.6. The molecular formula is C22H33N3O3. The van der Waals surface area contributed by atoms with Gasteiger partial charge in [-0.15, -0.1) is 0 Å². The van der Waals surface area contributed by atoms with Gasteiger partial charge < -0.3 is 15.3 Å². The normalized spacial score (nSPS) is 18.6. The largest absolute Gasteiger partial charge is 0.480 e. The molecule has 2 amide bonds. The fourth-order valence-corrected chi connectivity index (χ4v) is 4.49. The number of carboxylic acid groups (broad SMARTS) is 1. The van der Waals surface area contributed by atoms with Crippen LogP contribution in [0.1, 0.15) is 62.3 Å². The predicted molar refractivity (Wildman–Crippen MR) is 110 cm³/mol. The van der Waals surface area contributed by atoms with E-state index in [9.17, 15) is 9.59 Å². The number of carbonyl (C=O) groups excluding carboxylic acids is 1. The van der Waals surface area contributed by atoms with Gasteiger partial charge in [0.15, 0.2) is 0 Å². The van der Waals surface area contributed by atoms with E-state index in [-0.39, 0.29) is 24.7 Å². The van der Waals surface area contributed by atoms with Gasteiger partial charge in [-0.2, -0.15) is 0 Å². The molecular weight excluding hydrogens is 354 g/mol. The standard InChI is InChI=1S/C22H33N3O3/c1-3-24(15-21(26)27)20-10-12-25(13-11-20)22(28)23-16(2)18-9-8-17-6-4-5-7-19(17)14-18/h8-9,14,16,20H,3-7,10-13,15H2,1-2H3,(H,23,28)(H,26,27). The van der Waals surface area contributed by atoms with Crippen molar-refractivity contribution >= 4 is 12.0 Å². The highest BCUT2D eigenvalue weighted by atomic mass is 16.4. The van der Waals surface area contributed by atoms with E-state index in [2.05, 4.69) is 23.5 Å². The Hall–Kier alpha value is -2.08. The van der Waals surface area contributed by atoms with Crippen LogP contribution in [0, 0.1) is 0 Å². The van der Waals surface area contributed by atoms with Crippen LogP contribution < -0.4 is 5.32 Å². The van der Waals surface area contributed by atoms with Crippen LogP contribution in [0.25, 0.3) is 0 Å². The van der Waals surface area contributed by atoms with Crippen LogP contribution >= 0.6 is 0 Å². The molecule has 1 heterocycles. The molecule has 0 radical (unpaired) electrons. The first-order chi connectivity index (χ1) is 13.5. The maximum absolute atomic E-state index is 12.7. The molecule has 0 spiro atoms. The fourth-order valence-electron chi connectivity index (χ4n) is 4.49. The van der Waals surface area contributed by atoms with Crippen LogP contribution in [0.15, 0.2) is 18.2 Å². The number of aryl methyl sites for hydroxylation is 2. The fraction of sp³-hybridized carbons (Fsp3) is 0.636. The van der Waals surface area contributed by atoms with E-state index in [0.29, 0.717) is 13.1 Å². The maximum atomic E-state index is 12.7. The van der Waals surface area contributed by atoms with Gasteiger partial charge in [0.25, 0.3) is 0 Å². The van der Waals surface area contributed by atoms with Gasteiger partial charge in [0.1, 0.15) is 0 Å². The third-order valence-corrected chi connectivity index (χ3v) is 6.23. The molecule has 1 aromatic carbocycles. The Morgan fingerprint density at radius 3 is 2.54 bits per heavy atom. The van der Waals surface area contributed by atoms with Crippen molar-refractivity contribution in [2.24, 2.45) is 0 Å². The van der Waals surface area contributed by atoms with Gasteiger partial charge in [0, 0.05) is 19.1 Å². The van der Waals surface area contributed by atoms with Crippen molar-refractivity contribution in [1.29, 1.82) is 0 Å². The Kier molecular flexibility index (Phi) is 6.94. The molecule has 1 aliphatic heterocycles. The van der Waals surface area contributed by atoms with Crippen LogP contribution in [0.3, 0.4) is 0 Å².